The van der Waals surface area contributed by atoms with Crippen LogP contribution in [0.4, 0.5) is 5.69 Å². The van der Waals surface area contributed by atoms with Gasteiger partial charge in [-0.2, -0.15) is 0 Å². The summed E-state index contributed by atoms with van der Waals surface area (Å²) >= 11 is 1.62. The van der Waals surface area contributed by atoms with Crippen molar-refractivity contribution in [3.63, 3.8) is 0 Å². The molecule has 0 bridgehead atoms. The lowest BCUT2D eigenvalue weighted by Crippen LogP contribution is -2.09. The number of imidazole rings is 1. The zero-order chi connectivity index (χ0) is 18.0. The summed E-state index contributed by atoms with van der Waals surface area (Å²) in [7, 11) is 3.13. The van der Waals surface area contributed by atoms with Crippen LogP contribution >= 0.6 is 11.3 Å². The van der Waals surface area contributed by atoms with Gasteiger partial charge in [0.05, 0.1) is 31.3 Å². The van der Waals surface area contributed by atoms with Crippen LogP contribution in [-0.2, 0) is 4.79 Å². The second-order valence-electron chi connectivity index (χ2n) is 5.47. The highest BCUT2D eigenvalue weighted by Crippen LogP contribution is 2.29. The topological polar surface area (TPSA) is 64.9 Å². The number of hydrogen-bond donors (Lipinski definition) is 1. The van der Waals surface area contributed by atoms with E-state index in [1.165, 1.54) is 11.0 Å². The second-order valence-corrected chi connectivity index (χ2v) is 6.68. The molecule has 0 fully saturated rings. The van der Waals surface area contributed by atoms with Crippen molar-refractivity contribution in [3.8, 4) is 11.5 Å². The third kappa shape index (κ3) is 3.51. The summed E-state index contributed by atoms with van der Waals surface area (Å²) in [5.74, 6) is 0.953. The van der Waals surface area contributed by atoms with Crippen LogP contribution in [0.2, 0.25) is 0 Å². The third-order valence-electron chi connectivity index (χ3n) is 3.72. The van der Waals surface area contributed by atoms with Crippen molar-refractivity contribution in [2.75, 3.05) is 19.5 Å². The van der Waals surface area contributed by atoms with Gasteiger partial charge in [-0.15, -0.1) is 11.3 Å². The number of nitrogens with zero attached hydrogens (tertiary/aromatic N) is 2. The van der Waals surface area contributed by atoms with Crippen molar-refractivity contribution in [2.24, 2.45) is 0 Å². The van der Waals surface area contributed by atoms with Crippen LogP contribution in [0, 0.1) is 13.8 Å². The lowest BCUT2D eigenvalue weighted by molar-refractivity contribution is -0.111. The van der Waals surface area contributed by atoms with Crippen LogP contribution in [0.5, 0.6) is 11.5 Å². The van der Waals surface area contributed by atoms with Crippen LogP contribution in [0.3, 0.4) is 0 Å². The summed E-state index contributed by atoms with van der Waals surface area (Å²) in [6.07, 6.45) is 5.27. The number of hydrogen-bond acceptors (Lipinski definition) is 5. The molecule has 6 nitrogen and oxygen atoms in total. The van der Waals surface area contributed by atoms with Gasteiger partial charge in [-0.25, -0.2) is 4.98 Å². The number of anilines is 1. The molecule has 25 heavy (non-hydrogen) atoms. The maximum atomic E-state index is 12.3. The van der Waals surface area contributed by atoms with E-state index in [0.717, 1.165) is 16.3 Å². The Kier molecular flexibility index (Phi) is 4.76. The number of ether oxygens (including phenoxy) is 2. The molecule has 0 aliphatic carbocycles. The molecule has 0 saturated carbocycles. The van der Waals surface area contributed by atoms with Gasteiger partial charge in [-0.3, -0.25) is 9.20 Å². The van der Waals surface area contributed by atoms with Gasteiger partial charge in [0.2, 0.25) is 5.91 Å². The number of nitrogens with one attached hydrogen (secondary N) is 1. The molecule has 1 aromatic carbocycles. The summed E-state index contributed by atoms with van der Waals surface area (Å²) in [6.45, 7) is 3.96. The van der Waals surface area contributed by atoms with Gasteiger partial charge >= 0.3 is 0 Å². The molecule has 3 aromatic rings. The first kappa shape index (κ1) is 17.0. The van der Waals surface area contributed by atoms with Crippen LogP contribution < -0.4 is 14.8 Å². The molecular formula is C18H19N3O3S. The molecule has 3 rings (SSSR count). The van der Waals surface area contributed by atoms with Gasteiger partial charge in [0, 0.05) is 23.2 Å². The first-order valence-corrected chi connectivity index (χ1v) is 8.49. The van der Waals surface area contributed by atoms with Gasteiger partial charge < -0.3 is 14.8 Å². The van der Waals surface area contributed by atoms with Crippen molar-refractivity contribution in [3.05, 3.63) is 46.7 Å². The predicted octanol–water partition coefficient (Wildman–Crippen LogP) is 3.68. The number of methoxy groups -OCH3 is 2. The van der Waals surface area contributed by atoms with Crippen LogP contribution in [0.15, 0.2) is 30.5 Å². The fourth-order valence-corrected chi connectivity index (χ4v) is 3.40. The average Bonchev–Trinajstić information content (AvgIpc) is 3.07. The van der Waals surface area contributed by atoms with Crippen LogP contribution in [0.1, 0.15) is 16.3 Å². The number of aryl methyl sites for hydroxylation is 2. The van der Waals surface area contributed by atoms with E-state index in [-0.39, 0.29) is 5.91 Å². The van der Waals surface area contributed by atoms with Crippen LogP contribution in [0.25, 0.3) is 11.0 Å². The van der Waals surface area contributed by atoms with E-state index in [1.54, 1.807) is 49.8 Å². The number of rotatable bonds is 5. The standard InChI is InChI=1S/C18H19N3O3S/c1-11-10-21-15(12(2)19-18(21)25-11)6-8-17(22)20-14-9-13(23-3)5-7-16(14)24-4/h5-10H,1-4H3,(H,20,22)/b8-6+. The molecule has 130 valence electrons. The minimum Gasteiger partial charge on any atom is -0.497 e. The summed E-state index contributed by atoms with van der Waals surface area (Å²) < 4.78 is 12.4. The number of carbonyl (C=O) groups excluding carboxylic acids is 1. The van der Waals surface area contributed by atoms with Crippen LogP contribution in [-0.4, -0.2) is 29.5 Å². The molecule has 2 aromatic heterocycles. The smallest absolute Gasteiger partial charge is 0.248 e. The summed E-state index contributed by atoms with van der Waals surface area (Å²) in [4.78, 5) is 18.9. The number of thiazole rings is 1. The fourth-order valence-electron chi connectivity index (χ4n) is 2.52. The average molecular weight is 357 g/mol. The summed E-state index contributed by atoms with van der Waals surface area (Å²) in [6, 6.07) is 5.24. The largest absolute Gasteiger partial charge is 0.497 e. The number of fused-ring (bicyclic) bond motifs is 1. The zero-order valence-corrected chi connectivity index (χ0v) is 15.3. The highest BCUT2D eigenvalue weighted by molar-refractivity contribution is 7.17. The Bertz CT molecular complexity index is 956. The summed E-state index contributed by atoms with van der Waals surface area (Å²) in [5.41, 5.74) is 2.33. The first-order chi connectivity index (χ1) is 12.0. The molecule has 0 saturated heterocycles. The third-order valence-corrected chi connectivity index (χ3v) is 4.62. The monoisotopic (exact) mass is 357 g/mol. The van der Waals surface area contributed by atoms with Crippen molar-refractivity contribution < 1.29 is 14.3 Å². The number of benzene rings is 1. The van der Waals surface area contributed by atoms with Crippen molar-refractivity contribution in [1.82, 2.24) is 9.38 Å². The van der Waals surface area contributed by atoms with Crippen molar-refractivity contribution >= 4 is 34.0 Å². The molecule has 0 spiro atoms. The molecule has 0 radical (unpaired) electrons. The summed E-state index contributed by atoms with van der Waals surface area (Å²) in [5, 5.41) is 2.81. The van der Waals surface area contributed by atoms with E-state index in [9.17, 15) is 4.79 Å². The van der Waals surface area contributed by atoms with E-state index < -0.39 is 0 Å². The second kappa shape index (κ2) is 6.98. The molecule has 0 aliphatic heterocycles. The van der Waals surface area contributed by atoms with Gasteiger partial charge in [0.15, 0.2) is 4.96 Å². The van der Waals surface area contributed by atoms with Crippen molar-refractivity contribution in [1.29, 1.82) is 0 Å². The zero-order valence-electron chi connectivity index (χ0n) is 14.5. The van der Waals surface area contributed by atoms with E-state index in [0.29, 0.717) is 17.2 Å². The number of aromatic nitrogens is 2. The van der Waals surface area contributed by atoms with E-state index in [4.69, 9.17) is 9.47 Å². The van der Waals surface area contributed by atoms with E-state index in [1.807, 2.05) is 24.4 Å². The molecular weight excluding hydrogens is 338 g/mol. The molecule has 0 aliphatic rings. The SMILES string of the molecule is COc1ccc(OC)c(NC(=O)/C=C/c2c(C)nc3sc(C)cn23)c1. The lowest BCUT2D eigenvalue weighted by Gasteiger charge is -2.10. The number of amides is 1. The Morgan fingerprint density at radius 1 is 1.28 bits per heavy atom. The Balaban J connectivity index is 1.82. The quantitative estimate of drug-likeness (QED) is 0.708. The minimum absolute atomic E-state index is 0.257. The Morgan fingerprint density at radius 3 is 2.80 bits per heavy atom. The van der Waals surface area contributed by atoms with Crippen molar-refractivity contribution in [2.45, 2.75) is 13.8 Å². The van der Waals surface area contributed by atoms with Gasteiger partial charge in [0.1, 0.15) is 11.5 Å². The van der Waals surface area contributed by atoms with Gasteiger partial charge in [0.25, 0.3) is 0 Å². The molecule has 0 atom stereocenters. The normalized spacial score (nSPS) is 11.2. The fraction of sp³-hybridized carbons (Fsp3) is 0.222. The molecule has 1 N–H and O–H groups in total. The number of carbonyl (C=O) groups is 1. The molecule has 1 amide bonds. The highest BCUT2D eigenvalue weighted by Gasteiger charge is 2.10. The maximum Gasteiger partial charge on any atom is 0.248 e. The first-order valence-electron chi connectivity index (χ1n) is 7.68. The lowest BCUT2D eigenvalue weighted by atomic mass is 10.2. The highest BCUT2D eigenvalue weighted by atomic mass is 32.1. The predicted molar refractivity (Wildman–Crippen MR) is 99.8 cm³/mol. The Labute approximate surface area is 149 Å². The Morgan fingerprint density at radius 2 is 2.08 bits per heavy atom. The van der Waals surface area contributed by atoms with Gasteiger partial charge in [-0.1, -0.05) is 0 Å². The van der Waals surface area contributed by atoms with E-state index >= 15 is 0 Å². The van der Waals surface area contributed by atoms with E-state index in [2.05, 4.69) is 10.3 Å². The molecule has 0 unspecified atom stereocenters. The molecule has 2 heterocycles. The molecule has 7 heteroatoms. The Hall–Kier alpha value is -2.80. The van der Waals surface area contributed by atoms with Gasteiger partial charge in [-0.05, 0) is 32.1 Å². The minimum atomic E-state index is -0.257. The maximum absolute atomic E-state index is 12.3.